The normalized spacial score (nSPS) is 24.6. The minimum Gasteiger partial charge on any atom is -0.330 e. The Labute approximate surface area is 95.2 Å². The minimum atomic E-state index is 0.833. The van der Waals surface area contributed by atoms with Gasteiger partial charge < -0.3 is 10.6 Å². The molecule has 90 valence electrons. The molecule has 1 rings (SSSR count). The molecule has 0 aromatic heterocycles. The van der Waals surface area contributed by atoms with Crippen molar-refractivity contribution in [2.24, 2.45) is 11.7 Å². The molecule has 1 fully saturated rings. The van der Waals surface area contributed by atoms with Crippen LogP contribution in [0.1, 0.15) is 52.4 Å². The lowest BCUT2D eigenvalue weighted by Gasteiger charge is -2.22. The SMILES string of the molecule is CCC(CCN)CCCN1CCCC1C. The second-order valence-electron chi connectivity index (χ2n) is 5.02. The Bertz CT molecular complexity index is 159. The first kappa shape index (κ1) is 13.0. The average molecular weight is 212 g/mol. The van der Waals surface area contributed by atoms with Gasteiger partial charge in [0.2, 0.25) is 0 Å². The smallest absolute Gasteiger partial charge is 0.00674 e. The Morgan fingerprint density at radius 2 is 2.20 bits per heavy atom. The molecule has 0 radical (unpaired) electrons. The maximum absolute atomic E-state index is 5.61. The Balaban J connectivity index is 2.08. The van der Waals surface area contributed by atoms with Crippen LogP contribution in [-0.4, -0.2) is 30.6 Å². The molecule has 2 nitrogen and oxygen atoms in total. The highest BCUT2D eigenvalue weighted by atomic mass is 15.2. The standard InChI is InChI=1S/C13H28N2/c1-3-13(8-9-14)7-5-11-15-10-4-6-12(15)2/h12-13H,3-11,14H2,1-2H3. The zero-order valence-electron chi connectivity index (χ0n) is 10.5. The van der Waals surface area contributed by atoms with Crippen LogP contribution in [0.2, 0.25) is 0 Å². The van der Waals surface area contributed by atoms with Gasteiger partial charge in [-0.15, -0.1) is 0 Å². The summed E-state index contributed by atoms with van der Waals surface area (Å²) in [5.74, 6) is 0.868. The van der Waals surface area contributed by atoms with E-state index in [2.05, 4.69) is 18.7 Å². The highest BCUT2D eigenvalue weighted by molar-refractivity contribution is 4.75. The summed E-state index contributed by atoms with van der Waals surface area (Å²) < 4.78 is 0. The van der Waals surface area contributed by atoms with Gasteiger partial charge in [-0.05, 0) is 64.6 Å². The van der Waals surface area contributed by atoms with Crippen molar-refractivity contribution in [2.75, 3.05) is 19.6 Å². The van der Waals surface area contributed by atoms with Crippen LogP contribution in [0.5, 0.6) is 0 Å². The van der Waals surface area contributed by atoms with Crippen LogP contribution < -0.4 is 5.73 Å². The molecule has 0 spiro atoms. The lowest BCUT2D eigenvalue weighted by Crippen LogP contribution is -2.28. The summed E-state index contributed by atoms with van der Waals surface area (Å²) in [6, 6.07) is 0.833. The monoisotopic (exact) mass is 212 g/mol. The predicted molar refractivity (Wildman–Crippen MR) is 67.0 cm³/mol. The van der Waals surface area contributed by atoms with Gasteiger partial charge in [-0.1, -0.05) is 13.3 Å². The fourth-order valence-corrected chi connectivity index (χ4v) is 2.70. The summed E-state index contributed by atoms with van der Waals surface area (Å²) in [7, 11) is 0. The van der Waals surface area contributed by atoms with Crippen LogP contribution in [0.15, 0.2) is 0 Å². The van der Waals surface area contributed by atoms with Crippen molar-refractivity contribution < 1.29 is 0 Å². The van der Waals surface area contributed by atoms with Crippen molar-refractivity contribution in [3.63, 3.8) is 0 Å². The molecule has 0 amide bonds. The zero-order chi connectivity index (χ0) is 11.1. The zero-order valence-corrected chi connectivity index (χ0v) is 10.5. The molecule has 2 heteroatoms. The fourth-order valence-electron chi connectivity index (χ4n) is 2.70. The third-order valence-corrected chi connectivity index (χ3v) is 3.90. The van der Waals surface area contributed by atoms with E-state index in [9.17, 15) is 0 Å². The van der Waals surface area contributed by atoms with Gasteiger partial charge in [-0.3, -0.25) is 0 Å². The van der Waals surface area contributed by atoms with Gasteiger partial charge in [0.25, 0.3) is 0 Å². The topological polar surface area (TPSA) is 29.3 Å². The number of hydrogen-bond donors (Lipinski definition) is 1. The van der Waals surface area contributed by atoms with Crippen molar-refractivity contribution in [3.05, 3.63) is 0 Å². The summed E-state index contributed by atoms with van der Waals surface area (Å²) in [6.07, 6.45) is 8.06. The quantitative estimate of drug-likeness (QED) is 0.703. The molecule has 1 aliphatic heterocycles. The fraction of sp³-hybridized carbons (Fsp3) is 1.00. The number of nitrogens with two attached hydrogens (primary N) is 1. The van der Waals surface area contributed by atoms with Crippen molar-refractivity contribution in [3.8, 4) is 0 Å². The predicted octanol–water partition coefficient (Wildman–Crippen LogP) is 2.63. The lowest BCUT2D eigenvalue weighted by atomic mass is 9.96. The van der Waals surface area contributed by atoms with E-state index in [-0.39, 0.29) is 0 Å². The molecular weight excluding hydrogens is 184 g/mol. The van der Waals surface area contributed by atoms with Crippen LogP contribution in [0.25, 0.3) is 0 Å². The van der Waals surface area contributed by atoms with Gasteiger partial charge in [0.15, 0.2) is 0 Å². The first-order valence-corrected chi connectivity index (χ1v) is 6.72. The van der Waals surface area contributed by atoms with Gasteiger partial charge in [0.05, 0.1) is 0 Å². The Morgan fingerprint density at radius 1 is 1.40 bits per heavy atom. The van der Waals surface area contributed by atoms with E-state index in [1.54, 1.807) is 0 Å². The summed E-state index contributed by atoms with van der Waals surface area (Å²) >= 11 is 0. The van der Waals surface area contributed by atoms with E-state index in [1.165, 1.54) is 51.6 Å². The van der Waals surface area contributed by atoms with Crippen LogP contribution in [0.4, 0.5) is 0 Å². The molecule has 1 saturated heterocycles. The summed E-state index contributed by atoms with van der Waals surface area (Å²) in [4.78, 5) is 2.65. The van der Waals surface area contributed by atoms with Gasteiger partial charge >= 0.3 is 0 Å². The number of hydrogen-bond acceptors (Lipinski definition) is 2. The average Bonchev–Trinajstić information content (AvgIpc) is 2.63. The highest BCUT2D eigenvalue weighted by Crippen LogP contribution is 2.19. The molecule has 0 aliphatic carbocycles. The molecule has 1 aliphatic rings. The largest absolute Gasteiger partial charge is 0.330 e. The van der Waals surface area contributed by atoms with Gasteiger partial charge in [0.1, 0.15) is 0 Å². The highest BCUT2D eigenvalue weighted by Gasteiger charge is 2.19. The molecule has 0 aromatic rings. The number of likely N-dealkylation sites (tertiary alicyclic amines) is 1. The van der Waals surface area contributed by atoms with Crippen LogP contribution >= 0.6 is 0 Å². The maximum Gasteiger partial charge on any atom is 0.00674 e. The van der Waals surface area contributed by atoms with Gasteiger partial charge in [-0.25, -0.2) is 0 Å². The van der Waals surface area contributed by atoms with Crippen molar-refractivity contribution in [1.29, 1.82) is 0 Å². The van der Waals surface area contributed by atoms with Crippen molar-refractivity contribution in [2.45, 2.75) is 58.4 Å². The molecule has 1 heterocycles. The molecule has 0 aromatic carbocycles. The molecule has 0 saturated carbocycles. The first-order chi connectivity index (χ1) is 7.27. The van der Waals surface area contributed by atoms with E-state index < -0.39 is 0 Å². The van der Waals surface area contributed by atoms with Crippen LogP contribution in [-0.2, 0) is 0 Å². The summed E-state index contributed by atoms with van der Waals surface area (Å²) in [6.45, 7) is 8.15. The molecule has 2 N–H and O–H groups in total. The van der Waals surface area contributed by atoms with Crippen LogP contribution in [0, 0.1) is 5.92 Å². The Morgan fingerprint density at radius 3 is 2.73 bits per heavy atom. The van der Waals surface area contributed by atoms with E-state index in [1.807, 2.05) is 0 Å². The van der Waals surface area contributed by atoms with E-state index >= 15 is 0 Å². The molecule has 2 unspecified atom stereocenters. The second-order valence-corrected chi connectivity index (χ2v) is 5.02. The maximum atomic E-state index is 5.61. The third kappa shape index (κ3) is 4.52. The molecule has 2 atom stereocenters. The number of rotatable bonds is 7. The van der Waals surface area contributed by atoms with E-state index in [0.717, 1.165) is 18.5 Å². The van der Waals surface area contributed by atoms with Crippen molar-refractivity contribution in [1.82, 2.24) is 4.90 Å². The molecular formula is C13H28N2. The first-order valence-electron chi connectivity index (χ1n) is 6.72. The second kappa shape index (κ2) is 7.24. The van der Waals surface area contributed by atoms with Gasteiger partial charge in [-0.2, -0.15) is 0 Å². The van der Waals surface area contributed by atoms with Crippen LogP contribution in [0.3, 0.4) is 0 Å². The summed E-state index contributed by atoms with van der Waals surface area (Å²) in [5, 5.41) is 0. The van der Waals surface area contributed by atoms with E-state index in [4.69, 9.17) is 5.73 Å². The molecule has 0 bridgehead atoms. The number of nitrogens with zero attached hydrogens (tertiary/aromatic N) is 1. The Hall–Kier alpha value is -0.0800. The molecule has 15 heavy (non-hydrogen) atoms. The summed E-state index contributed by atoms with van der Waals surface area (Å²) in [5.41, 5.74) is 5.61. The lowest BCUT2D eigenvalue weighted by molar-refractivity contribution is 0.253. The van der Waals surface area contributed by atoms with Gasteiger partial charge in [0, 0.05) is 6.04 Å². The minimum absolute atomic E-state index is 0.833. The van der Waals surface area contributed by atoms with Crippen molar-refractivity contribution >= 4 is 0 Å². The third-order valence-electron chi connectivity index (χ3n) is 3.90. The van der Waals surface area contributed by atoms with E-state index in [0.29, 0.717) is 0 Å². The Kier molecular flexibility index (Phi) is 6.26.